The zero-order valence-electron chi connectivity index (χ0n) is 22.1. The number of nitrogens with zero attached hydrogens (tertiary/aromatic N) is 2. The Labute approximate surface area is 232 Å². The molecule has 2 aromatic rings. The van der Waals surface area contributed by atoms with Crippen molar-refractivity contribution in [1.29, 1.82) is 0 Å². The third-order valence-corrected chi connectivity index (χ3v) is 6.44. The molecule has 1 fully saturated rings. The van der Waals surface area contributed by atoms with Crippen molar-refractivity contribution >= 4 is 35.3 Å². The molecule has 0 aliphatic carbocycles. The molecule has 2 aliphatic heterocycles. The predicted octanol–water partition coefficient (Wildman–Crippen LogP) is 2.62. The van der Waals surface area contributed by atoms with Gasteiger partial charge in [-0.2, -0.15) is 0 Å². The molecule has 208 valence electrons. The first-order valence-corrected chi connectivity index (χ1v) is 13.3. The molecule has 2 aromatic carbocycles. The highest BCUT2D eigenvalue weighted by Crippen LogP contribution is 2.26. The highest BCUT2D eigenvalue weighted by molar-refractivity contribution is 6.01. The Balaban J connectivity index is 1.12. The van der Waals surface area contributed by atoms with Gasteiger partial charge in [-0.3, -0.25) is 19.2 Å². The number of para-hydroxylation sites is 1. The monoisotopic (exact) mass is 545 g/mol. The minimum absolute atomic E-state index is 0.0169. The van der Waals surface area contributed by atoms with Gasteiger partial charge in [0.05, 0.1) is 31.9 Å². The number of hydrogen-bond acceptors (Lipinski definition) is 7. The van der Waals surface area contributed by atoms with Crippen LogP contribution in [0, 0.1) is 11.8 Å². The lowest BCUT2D eigenvalue weighted by atomic mass is 10.0. The van der Waals surface area contributed by atoms with Crippen LogP contribution in [0.4, 0.5) is 5.69 Å². The van der Waals surface area contributed by atoms with Crippen LogP contribution in [0.5, 0.6) is 0 Å². The molecule has 1 N–H and O–H groups in total. The number of hydrogen-bond donors (Lipinski definition) is 1. The van der Waals surface area contributed by atoms with E-state index >= 15 is 0 Å². The molecule has 0 unspecified atom stereocenters. The zero-order chi connectivity index (χ0) is 28.3. The summed E-state index contributed by atoms with van der Waals surface area (Å²) in [5.41, 5.74) is 3.50. The second kappa shape index (κ2) is 14.1. The number of rotatable bonds is 12. The van der Waals surface area contributed by atoms with Crippen LogP contribution in [-0.2, 0) is 40.1 Å². The average Bonchev–Trinajstić information content (AvgIpc) is 3.26. The van der Waals surface area contributed by atoms with Gasteiger partial charge in [-0.05, 0) is 36.6 Å². The van der Waals surface area contributed by atoms with Crippen molar-refractivity contribution in [1.82, 2.24) is 10.4 Å². The van der Waals surface area contributed by atoms with Crippen molar-refractivity contribution in [3.63, 3.8) is 0 Å². The first-order chi connectivity index (χ1) is 19.4. The quantitative estimate of drug-likeness (QED) is 0.247. The van der Waals surface area contributed by atoms with Crippen LogP contribution in [0.25, 0.3) is 0 Å². The largest absolute Gasteiger partial charge is 0.379 e. The molecule has 0 radical (unpaired) electrons. The van der Waals surface area contributed by atoms with Gasteiger partial charge < -0.3 is 19.8 Å². The molecule has 0 bridgehead atoms. The summed E-state index contributed by atoms with van der Waals surface area (Å²) in [5.74, 6) is 4.43. The van der Waals surface area contributed by atoms with Gasteiger partial charge in [0.2, 0.25) is 11.8 Å². The Hall–Kier alpha value is -4.49. The van der Waals surface area contributed by atoms with Crippen molar-refractivity contribution in [2.75, 3.05) is 24.7 Å². The van der Waals surface area contributed by atoms with Crippen LogP contribution in [-0.4, -0.2) is 54.4 Å². The molecule has 2 aliphatic rings. The lowest BCUT2D eigenvalue weighted by molar-refractivity contribution is -0.198. The molecule has 40 heavy (non-hydrogen) atoms. The predicted molar refractivity (Wildman–Crippen MR) is 144 cm³/mol. The molecule has 10 nitrogen and oxygen atoms in total. The van der Waals surface area contributed by atoms with Gasteiger partial charge in [-0.15, -0.1) is 5.06 Å². The summed E-state index contributed by atoms with van der Waals surface area (Å²) in [4.78, 5) is 66.5. The van der Waals surface area contributed by atoms with Crippen molar-refractivity contribution in [3.05, 3.63) is 65.2 Å². The maximum Gasteiger partial charge on any atom is 0.335 e. The van der Waals surface area contributed by atoms with Gasteiger partial charge in [-0.25, -0.2) is 4.79 Å². The summed E-state index contributed by atoms with van der Waals surface area (Å²) in [6.07, 6.45) is 1.67. The van der Waals surface area contributed by atoms with Gasteiger partial charge in [-0.1, -0.05) is 42.2 Å². The Kier molecular flexibility index (Phi) is 10.0. The summed E-state index contributed by atoms with van der Waals surface area (Å²) in [5, 5.41) is 3.24. The van der Waals surface area contributed by atoms with E-state index in [1.54, 1.807) is 4.90 Å². The normalized spacial score (nSPS) is 13.9. The number of ether oxygens (including phenoxy) is 1. The fraction of sp³-hybridized carbons (Fsp3) is 0.367. The lowest BCUT2D eigenvalue weighted by Gasteiger charge is -2.26. The number of carbonyl (C=O) groups is 5. The molecule has 4 rings (SSSR count). The molecule has 0 aromatic heterocycles. The van der Waals surface area contributed by atoms with E-state index in [2.05, 4.69) is 17.2 Å². The standard InChI is InChI=1S/C30H31N3O7/c34-26(31-18-20-39-19-17-30(38)40-33-28(36)15-16-29(33)37)11-5-6-12-27(35)32-21-24-9-2-1-7-22(24)13-14-23-8-3-4-10-25(23)32/h1-4,7-10H,5-6,11-12,15-21H2,(H,31,34). The first-order valence-electron chi connectivity index (χ1n) is 13.3. The van der Waals surface area contributed by atoms with Crippen molar-refractivity contribution in [2.24, 2.45) is 0 Å². The minimum atomic E-state index is -0.737. The highest BCUT2D eigenvalue weighted by atomic mass is 16.7. The summed E-state index contributed by atoms with van der Waals surface area (Å²) >= 11 is 0. The van der Waals surface area contributed by atoms with Crippen LogP contribution in [0.15, 0.2) is 48.5 Å². The number of amides is 4. The number of unbranched alkanes of at least 4 members (excludes halogenated alkanes) is 1. The van der Waals surface area contributed by atoms with Crippen LogP contribution in [0.1, 0.15) is 61.6 Å². The molecule has 10 heteroatoms. The molecule has 0 saturated carbocycles. The molecule has 2 heterocycles. The third kappa shape index (κ3) is 7.77. The second-order valence-electron chi connectivity index (χ2n) is 9.37. The SMILES string of the molecule is O=C(CCCCC(=O)N1Cc2ccccc2C#Cc2ccccc21)NCCOCCC(=O)ON1C(=O)CCC1=O. The van der Waals surface area contributed by atoms with Crippen LogP contribution in [0.3, 0.4) is 0 Å². The van der Waals surface area contributed by atoms with E-state index in [-0.39, 0.29) is 57.3 Å². The maximum absolute atomic E-state index is 13.2. The topological polar surface area (TPSA) is 122 Å². The smallest absolute Gasteiger partial charge is 0.335 e. The second-order valence-corrected chi connectivity index (χ2v) is 9.37. The number of nitrogens with one attached hydrogen (secondary N) is 1. The van der Waals surface area contributed by atoms with Gasteiger partial charge in [0.1, 0.15) is 0 Å². The van der Waals surface area contributed by atoms with Gasteiger partial charge in [0.15, 0.2) is 0 Å². The minimum Gasteiger partial charge on any atom is -0.379 e. The number of carbonyl (C=O) groups excluding carboxylic acids is 5. The summed E-state index contributed by atoms with van der Waals surface area (Å²) in [6, 6.07) is 15.4. The number of hydroxylamine groups is 2. The summed E-state index contributed by atoms with van der Waals surface area (Å²) in [7, 11) is 0. The van der Waals surface area contributed by atoms with E-state index in [0.717, 1.165) is 22.4 Å². The van der Waals surface area contributed by atoms with Crippen molar-refractivity contribution in [2.45, 2.75) is 51.5 Å². The van der Waals surface area contributed by atoms with E-state index in [9.17, 15) is 24.0 Å². The van der Waals surface area contributed by atoms with Crippen molar-refractivity contribution in [3.8, 4) is 11.8 Å². The van der Waals surface area contributed by atoms with E-state index in [0.29, 0.717) is 30.9 Å². The number of fused-ring (bicyclic) bond motifs is 2. The van der Waals surface area contributed by atoms with Crippen LogP contribution >= 0.6 is 0 Å². The Morgan fingerprint density at radius 1 is 0.825 bits per heavy atom. The fourth-order valence-electron chi connectivity index (χ4n) is 4.32. The molecular weight excluding hydrogens is 514 g/mol. The molecular formula is C30H31N3O7. The molecule has 0 spiro atoms. The third-order valence-electron chi connectivity index (χ3n) is 6.44. The van der Waals surface area contributed by atoms with Crippen LogP contribution in [0.2, 0.25) is 0 Å². The zero-order valence-corrected chi connectivity index (χ0v) is 22.1. The highest BCUT2D eigenvalue weighted by Gasteiger charge is 2.32. The summed E-state index contributed by atoms with van der Waals surface area (Å²) in [6.45, 7) is 0.925. The van der Waals surface area contributed by atoms with E-state index < -0.39 is 17.8 Å². The Morgan fingerprint density at radius 2 is 1.50 bits per heavy atom. The number of benzene rings is 2. The Bertz CT molecular complexity index is 1330. The molecule has 0 atom stereocenters. The van der Waals surface area contributed by atoms with E-state index in [1.165, 1.54) is 0 Å². The summed E-state index contributed by atoms with van der Waals surface area (Å²) < 4.78 is 5.31. The molecule has 1 saturated heterocycles. The van der Waals surface area contributed by atoms with E-state index in [1.807, 2.05) is 48.5 Å². The van der Waals surface area contributed by atoms with Crippen molar-refractivity contribution < 1.29 is 33.5 Å². The van der Waals surface area contributed by atoms with E-state index in [4.69, 9.17) is 9.57 Å². The van der Waals surface area contributed by atoms with Gasteiger partial charge in [0.25, 0.3) is 11.8 Å². The number of imide groups is 1. The first kappa shape index (κ1) is 28.5. The van der Waals surface area contributed by atoms with Crippen LogP contribution < -0.4 is 10.2 Å². The molecule has 4 amide bonds. The fourth-order valence-corrected chi connectivity index (χ4v) is 4.32. The lowest BCUT2D eigenvalue weighted by Crippen LogP contribution is -2.32. The van der Waals surface area contributed by atoms with Gasteiger partial charge >= 0.3 is 5.97 Å². The Morgan fingerprint density at radius 3 is 2.30 bits per heavy atom. The maximum atomic E-state index is 13.2. The van der Waals surface area contributed by atoms with Gasteiger partial charge in [0, 0.05) is 43.4 Å². The average molecular weight is 546 g/mol. The number of anilines is 1.